The van der Waals surface area contributed by atoms with Crippen molar-refractivity contribution in [2.75, 3.05) is 7.11 Å². The largest absolute Gasteiger partial charge is 0.497 e. The summed E-state index contributed by atoms with van der Waals surface area (Å²) in [5, 5.41) is 0. The van der Waals surface area contributed by atoms with Gasteiger partial charge in [-0.25, -0.2) is 4.79 Å². The lowest BCUT2D eigenvalue weighted by Crippen LogP contribution is -1.96. The summed E-state index contributed by atoms with van der Waals surface area (Å²) in [5.74, 6) is 0.744. The molecule has 100 valence electrons. The number of aromatic nitrogens is 2. The molecule has 0 saturated carbocycles. The van der Waals surface area contributed by atoms with Gasteiger partial charge in [-0.15, -0.1) is 0 Å². The van der Waals surface area contributed by atoms with Crippen molar-refractivity contribution in [3.63, 3.8) is 0 Å². The molecule has 0 fully saturated rings. The lowest BCUT2D eigenvalue weighted by atomic mass is 10.2. The lowest BCUT2D eigenvalue weighted by molar-refractivity contribution is 0.326. The van der Waals surface area contributed by atoms with E-state index in [1.165, 1.54) is 10.8 Å². The lowest BCUT2D eigenvalue weighted by Gasteiger charge is -2.07. The van der Waals surface area contributed by atoms with Crippen molar-refractivity contribution in [1.29, 1.82) is 0 Å². The molecule has 0 amide bonds. The Labute approximate surface area is 115 Å². The average Bonchev–Trinajstić information content (AvgIpc) is 2.90. The van der Waals surface area contributed by atoms with Gasteiger partial charge in [-0.2, -0.15) is 4.74 Å². The first-order valence-electron chi connectivity index (χ1n) is 6.06. The number of ether oxygens (including phenoxy) is 1. The minimum Gasteiger partial charge on any atom is -0.497 e. The summed E-state index contributed by atoms with van der Waals surface area (Å²) in [6.07, 6.45) is 3.34. The van der Waals surface area contributed by atoms with Crippen LogP contribution in [0.4, 0.5) is 0 Å². The van der Waals surface area contributed by atoms with Crippen LogP contribution < -0.4 is 10.4 Å². The van der Waals surface area contributed by atoms with Gasteiger partial charge in [-0.3, -0.25) is 4.98 Å². The molecule has 0 aliphatic carbocycles. The molecule has 0 spiro atoms. The molecule has 0 aliphatic heterocycles. The zero-order valence-electron chi connectivity index (χ0n) is 10.8. The first kappa shape index (κ1) is 12.2. The number of rotatable bonds is 3. The number of hydrogen-bond acceptors (Lipinski definition) is 4. The normalized spacial score (nSPS) is 10.4. The standard InChI is InChI=1S/C15H12N2O3/c1-19-13-4-2-12(3-5-13)17-14(10-15(18)20-17)11-6-8-16-9-7-11/h2-10H,1H3. The molecular weight excluding hydrogens is 256 g/mol. The molecule has 5 nitrogen and oxygen atoms in total. The fourth-order valence-electron chi connectivity index (χ4n) is 1.97. The molecule has 20 heavy (non-hydrogen) atoms. The minimum atomic E-state index is -0.396. The van der Waals surface area contributed by atoms with Gasteiger partial charge in [0.05, 0.1) is 24.6 Å². The van der Waals surface area contributed by atoms with Crippen LogP contribution in [0.5, 0.6) is 5.75 Å². The third kappa shape index (κ3) is 2.21. The van der Waals surface area contributed by atoms with E-state index in [2.05, 4.69) is 4.98 Å². The van der Waals surface area contributed by atoms with Gasteiger partial charge in [0, 0.05) is 18.0 Å². The van der Waals surface area contributed by atoms with E-state index in [-0.39, 0.29) is 0 Å². The maximum Gasteiger partial charge on any atom is 0.358 e. The van der Waals surface area contributed by atoms with Crippen LogP contribution in [0.3, 0.4) is 0 Å². The second-order valence-electron chi connectivity index (χ2n) is 4.17. The highest BCUT2D eigenvalue weighted by molar-refractivity contribution is 5.60. The van der Waals surface area contributed by atoms with Gasteiger partial charge in [-0.05, 0) is 36.4 Å². The van der Waals surface area contributed by atoms with E-state index in [9.17, 15) is 4.79 Å². The average molecular weight is 268 g/mol. The Bertz CT molecular complexity index is 758. The molecule has 0 atom stereocenters. The molecule has 3 aromatic rings. The Morgan fingerprint density at radius 3 is 2.45 bits per heavy atom. The summed E-state index contributed by atoms with van der Waals surface area (Å²) in [7, 11) is 1.60. The number of methoxy groups -OCH3 is 1. The Morgan fingerprint density at radius 2 is 1.80 bits per heavy atom. The predicted molar refractivity (Wildman–Crippen MR) is 74.1 cm³/mol. The molecule has 5 heteroatoms. The third-order valence-corrected chi connectivity index (χ3v) is 2.94. The van der Waals surface area contributed by atoms with E-state index < -0.39 is 5.63 Å². The van der Waals surface area contributed by atoms with Gasteiger partial charge < -0.3 is 9.26 Å². The molecular formula is C15H12N2O3. The van der Waals surface area contributed by atoms with Gasteiger partial charge in [0.2, 0.25) is 0 Å². The van der Waals surface area contributed by atoms with Crippen LogP contribution in [0.1, 0.15) is 0 Å². The fourth-order valence-corrected chi connectivity index (χ4v) is 1.97. The SMILES string of the molecule is COc1ccc(-n2oc(=O)cc2-c2ccncc2)cc1. The Morgan fingerprint density at radius 1 is 1.10 bits per heavy atom. The first-order chi connectivity index (χ1) is 9.78. The topological polar surface area (TPSA) is 57.3 Å². The smallest absolute Gasteiger partial charge is 0.358 e. The van der Waals surface area contributed by atoms with Crippen molar-refractivity contribution >= 4 is 0 Å². The van der Waals surface area contributed by atoms with Gasteiger partial charge in [0.15, 0.2) is 0 Å². The van der Waals surface area contributed by atoms with Crippen LogP contribution in [0.25, 0.3) is 16.9 Å². The van der Waals surface area contributed by atoms with Crippen LogP contribution in [-0.4, -0.2) is 16.8 Å². The van der Waals surface area contributed by atoms with E-state index in [0.717, 1.165) is 17.0 Å². The zero-order chi connectivity index (χ0) is 13.9. The number of pyridine rings is 1. The van der Waals surface area contributed by atoms with Crippen molar-refractivity contribution in [3.05, 3.63) is 65.3 Å². The maximum atomic E-state index is 11.6. The molecule has 0 N–H and O–H groups in total. The van der Waals surface area contributed by atoms with Crippen LogP contribution in [-0.2, 0) is 0 Å². The number of nitrogens with zero attached hydrogens (tertiary/aromatic N) is 2. The summed E-state index contributed by atoms with van der Waals surface area (Å²) in [6.45, 7) is 0. The predicted octanol–water partition coefficient (Wildman–Crippen LogP) is 2.50. The van der Waals surface area contributed by atoms with Crippen molar-refractivity contribution in [2.45, 2.75) is 0 Å². The number of hydrogen-bond donors (Lipinski definition) is 0. The Balaban J connectivity index is 2.12. The van der Waals surface area contributed by atoms with Crippen LogP contribution in [0.2, 0.25) is 0 Å². The van der Waals surface area contributed by atoms with Gasteiger partial charge >= 0.3 is 5.63 Å². The van der Waals surface area contributed by atoms with E-state index in [4.69, 9.17) is 9.26 Å². The van der Waals surface area contributed by atoms with Gasteiger partial charge in [0.1, 0.15) is 5.75 Å². The second-order valence-corrected chi connectivity index (χ2v) is 4.17. The van der Waals surface area contributed by atoms with E-state index in [1.807, 2.05) is 36.4 Å². The Kier molecular flexibility index (Phi) is 3.09. The molecule has 0 unspecified atom stereocenters. The Hall–Kier alpha value is -2.82. The van der Waals surface area contributed by atoms with E-state index in [0.29, 0.717) is 5.69 Å². The summed E-state index contributed by atoms with van der Waals surface area (Å²) < 4.78 is 11.8. The fraction of sp³-hybridized carbons (Fsp3) is 0.0667. The highest BCUT2D eigenvalue weighted by atomic mass is 16.5. The van der Waals surface area contributed by atoms with Crippen molar-refractivity contribution in [1.82, 2.24) is 9.72 Å². The molecule has 2 aromatic heterocycles. The highest BCUT2D eigenvalue weighted by Crippen LogP contribution is 2.22. The summed E-state index contributed by atoms with van der Waals surface area (Å²) >= 11 is 0. The van der Waals surface area contributed by atoms with Crippen LogP contribution >= 0.6 is 0 Å². The number of benzene rings is 1. The molecule has 2 heterocycles. The van der Waals surface area contributed by atoms with Gasteiger partial charge in [0.25, 0.3) is 0 Å². The van der Waals surface area contributed by atoms with E-state index >= 15 is 0 Å². The van der Waals surface area contributed by atoms with Crippen LogP contribution in [0.15, 0.2) is 64.2 Å². The molecule has 0 saturated heterocycles. The third-order valence-electron chi connectivity index (χ3n) is 2.94. The second kappa shape index (κ2) is 5.05. The van der Waals surface area contributed by atoms with Crippen molar-refractivity contribution < 1.29 is 9.26 Å². The summed E-state index contributed by atoms with van der Waals surface area (Å²) in [5.41, 5.74) is 1.90. The summed E-state index contributed by atoms with van der Waals surface area (Å²) in [4.78, 5) is 15.5. The monoisotopic (exact) mass is 268 g/mol. The molecule has 0 bridgehead atoms. The summed E-state index contributed by atoms with van der Waals surface area (Å²) in [6, 6.07) is 12.4. The van der Waals surface area contributed by atoms with Crippen molar-refractivity contribution in [2.24, 2.45) is 0 Å². The molecule has 0 radical (unpaired) electrons. The molecule has 3 rings (SSSR count). The van der Waals surface area contributed by atoms with Crippen molar-refractivity contribution in [3.8, 4) is 22.7 Å². The minimum absolute atomic E-state index is 0.396. The zero-order valence-corrected chi connectivity index (χ0v) is 10.8. The molecule has 1 aromatic carbocycles. The van der Waals surface area contributed by atoms with Crippen LogP contribution in [0, 0.1) is 0 Å². The molecule has 0 aliphatic rings. The van der Waals surface area contributed by atoms with E-state index in [1.54, 1.807) is 19.5 Å². The van der Waals surface area contributed by atoms with Gasteiger partial charge in [-0.1, -0.05) is 0 Å². The first-order valence-corrected chi connectivity index (χ1v) is 6.06. The highest BCUT2D eigenvalue weighted by Gasteiger charge is 2.11. The maximum absolute atomic E-state index is 11.6. The quantitative estimate of drug-likeness (QED) is 0.732.